The second kappa shape index (κ2) is 11.0. The molecule has 29 heavy (non-hydrogen) atoms. The van der Waals surface area contributed by atoms with Crippen LogP contribution in [0.25, 0.3) is 0 Å². The molecule has 3 aromatic rings. The van der Waals surface area contributed by atoms with Gasteiger partial charge in [-0.25, -0.2) is 0 Å². The monoisotopic (exact) mass is 390 g/mol. The van der Waals surface area contributed by atoms with Gasteiger partial charge in [-0.3, -0.25) is 0 Å². The molecule has 0 fully saturated rings. The Bertz CT molecular complexity index is 865. The summed E-state index contributed by atoms with van der Waals surface area (Å²) < 4.78 is 11.8. The average Bonchev–Trinajstić information content (AvgIpc) is 2.75. The standard InChI is InChI=1S/C25H30N2O2/c1-20(2)18-28-23-12-8-11-22(17-23)26-15-16-27-24-13-6-7-14-25(24)29-19-21-9-4-3-5-10-21/h3-14,17,20,26-27H,15-16,18-19H2,1-2H3. The summed E-state index contributed by atoms with van der Waals surface area (Å²) in [5.74, 6) is 2.27. The van der Waals surface area contributed by atoms with E-state index in [1.165, 1.54) is 0 Å². The summed E-state index contributed by atoms with van der Waals surface area (Å²) in [6.07, 6.45) is 0. The molecule has 4 nitrogen and oxygen atoms in total. The number of para-hydroxylation sites is 2. The molecule has 0 bridgehead atoms. The molecule has 0 aliphatic carbocycles. The maximum absolute atomic E-state index is 6.00. The summed E-state index contributed by atoms with van der Waals surface area (Å²) in [7, 11) is 0. The van der Waals surface area contributed by atoms with Crippen LogP contribution in [-0.2, 0) is 6.61 Å². The molecule has 3 aromatic carbocycles. The molecule has 2 N–H and O–H groups in total. The molecular formula is C25H30N2O2. The molecule has 0 atom stereocenters. The van der Waals surface area contributed by atoms with E-state index in [2.05, 4.69) is 42.7 Å². The minimum Gasteiger partial charge on any atom is -0.493 e. The molecule has 0 spiro atoms. The first kappa shape index (κ1) is 20.6. The van der Waals surface area contributed by atoms with Crippen LogP contribution in [0.5, 0.6) is 11.5 Å². The lowest BCUT2D eigenvalue weighted by atomic mass is 10.2. The Kier molecular flexibility index (Phi) is 7.81. The van der Waals surface area contributed by atoms with Gasteiger partial charge in [0.15, 0.2) is 0 Å². The van der Waals surface area contributed by atoms with Crippen molar-refractivity contribution in [3.8, 4) is 11.5 Å². The van der Waals surface area contributed by atoms with Gasteiger partial charge in [-0.05, 0) is 35.7 Å². The van der Waals surface area contributed by atoms with Gasteiger partial charge in [0.25, 0.3) is 0 Å². The van der Waals surface area contributed by atoms with E-state index in [1.807, 2.05) is 60.7 Å². The van der Waals surface area contributed by atoms with Crippen LogP contribution < -0.4 is 20.1 Å². The fourth-order valence-corrected chi connectivity index (χ4v) is 2.84. The van der Waals surface area contributed by atoms with Crippen LogP contribution in [0.4, 0.5) is 11.4 Å². The Morgan fingerprint density at radius 1 is 0.759 bits per heavy atom. The molecule has 0 heterocycles. The second-order valence-electron chi connectivity index (χ2n) is 7.36. The fraction of sp³-hybridized carbons (Fsp3) is 0.280. The number of ether oxygens (including phenoxy) is 2. The van der Waals surface area contributed by atoms with E-state index >= 15 is 0 Å². The zero-order valence-electron chi connectivity index (χ0n) is 17.2. The highest BCUT2D eigenvalue weighted by atomic mass is 16.5. The van der Waals surface area contributed by atoms with Crippen molar-refractivity contribution < 1.29 is 9.47 Å². The Hall–Kier alpha value is -3.14. The van der Waals surface area contributed by atoms with Crippen molar-refractivity contribution in [1.29, 1.82) is 0 Å². The third-order valence-corrected chi connectivity index (χ3v) is 4.31. The summed E-state index contributed by atoms with van der Waals surface area (Å²) >= 11 is 0. The molecule has 0 aliphatic rings. The Morgan fingerprint density at radius 2 is 1.52 bits per heavy atom. The van der Waals surface area contributed by atoms with Crippen LogP contribution in [-0.4, -0.2) is 19.7 Å². The zero-order valence-corrected chi connectivity index (χ0v) is 17.2. The van der Waals surface area contributed by atoms with Crippen molar-refractivity contribution in [3.63, 3.8) is 0 Å². The van der Waals surface area contributed by atoms with Crippen molar-refractivity contribution in [1.82, 2.24) is 0 Å². The van der Waals surface area contributed by atoms with Crippen molar-refractivity contribution in [3.05, 3.63) is 84.4 Å². The number of hydrogen-bond acceptors (Lipinski definition) is 4. The van der Waals surface area contributed by atoms with Gasteiger partial charge >= 0.3 is 0 Å². The molecular weight excluding hydrogens is 360 g/mol. The highest BCUT2D eigenvalue weighted by molar-refractivity contribution is 5.56. The average molecular weight is 391 g/mol. The maximum atomic E-state index is 6.00. The minimum absolute atomic E-state index is 0.514. The van der Waals surface area contributed by atoms with E-state index in [0.717, 1.165) is 48.1 Å². The Morgan fingerprint density at radius 3 is 2.34 bits per heavy atom. The van der Waals surface area contributed by atoms with E-state index in [-0.39, 0.29) is 0 Å². The number of anilines is 2. The van der Waals surface area contributed by atoms with E-state index in [1.54, 1.807) is 0 Å². The van der Waals surface area contributed by atoms with E-state index in [0.29, 0.717) is 12.5 Å². The molecule has 0 aromatic heterocycles. The minimum atomic E-state index is 0.514. The number of hydrogen-bond donors (Lipinski definition) is 2. The van der Waals surface area contributed by atoms with E-state index in [9.17, 15) is 0 Å². The van der Waals surface area contributed by atoms with Crippen LogP contribution in [0, 0.1) is 5.92 Å². The molecule has 0 aliphatic heterocycles. The SMILES string of the molecule is CC(C)COc1cccc(NCCNc2ccccc2OCc2ccccc2)c1. The summed E-state index contributed by atoms with van der Waals surface area (Å²) in [4.78, 5) is 0. The highest BCUT2D eigenvalue weighted by Gasteiger charge is 2.03. The van der Waals surface area contributed by atoms with Crippen LogP contribution in [0.15, 0.2) is 78.9 Å². The molecule has 0 saturated carbocycles. The summed E-state index contributed by atoms with van der Waals surface area (Å²) in [6.45, 7) is 7.15. The number of nitrogens with one attached hydrogen (secondary N) is 2. The predicted molar refractivity (Wildman–Crippen MR) is 121 cm³/mol. The van der Waals surface area contributed by atoms with Gasteiger partial charge in [-0.2, -0.15) is 0 Å². The maximum Gasteiger partial charge on any atom is 0.142 e. The van der Waals surface area contributed by atoms with Crippen molar-refractivity contribution in [2.75, 3.05) is 30.3 Å². The molecule has 152 valence electrons. The lowest BCUT2D eigenvalue weighted by Gasteiger charge is -2.14. The lowest BCUT2D eigenvalue weighted by Crippen LogP contribution is -2.14. The van der Waals surface area contributed by atoms with Gasteiger partial charge < -0.3 is 20.1 Å². The molecule has 3 rings (SSSR count). The summed E-state index contributed by atoms with van der Waals surface area (Å²) in [5.41, 5.74) is 3.21. The molecule has 4 heteroatoms. The van der Waals surface area contributed by atoms with Gasteiger partial charge in [0.2, 0.25) is 0 Å². The smallest absolute Gasteiger partial charge is 0.142 e. The summed E-state index contributed by atoms with van der Waals surface area (Å²) in [6, 6.07) is 26.3. The molecule has 0 unspecified atom stereocenters. The van der Waals surface area contributed by atoms with E-state index in [4.69, 9.17) is 9.47 Å². The van der Waals surface area contributed by atoms with E-state index < -0.39 is 0 Å². The number of rotatable bonds is 11. The largest absolute Gasteiger partial charge is 0.493 e. The highest BCUT2D eigenvalue weighted by Crippen LogP contribution is 2.24. The molecule has 0 radical (unpaired) electrons. The van der Waals surface area contributed by atoms with Gasteiger partial charge in [-0.1, -0.05) is 62.4 Å². The molecule has 0 saturated heterocycles. The van der Waals surface area contributed by atoms with Crippen LogP contribution in [0.1, 0.15) is 19.4 Å². The molecule has 0 amide bonds. The van der Waals surface area contributed by atoms with Gasteiger partial charge in [0.05, 0.1) is 12.3 Å². The van der Waals surface area contributed by atoms with Crippen LogP contribution in [0.3, 0.4) is 0 Å². The Balaban J connectivity index is 1.46. The normalized spacial score (nSPS) is 10.6. The lowest BCUT2D eigenvalue weighted by molar-refractivity contribution is 0.271. The first-order chi connectivity index (χ1) is 14.2. The topological polar surface area (TPSA) is 42.5 Å². The van der Waals surface area contributed by atoms with Crippen molar-refractivity contribution in [2.45, 2.75) is 20.5 Å². The number of benzene rings is 3. The zero-order chi connectivity index (χ0) is 20.3. The second-order valence-corrected chi connectivity index (χ2v) is 7.36. The van der Waals surface area contributed by atoms with Gasteiger partial charge in [0.1, 0.15) is 18.1 Å². The van der Waals surface area contributed by atoms with Crippen molar-refractivity contribution >= 4 is 11.4 Å². The summed E-state index contributed by atoms with van der Waals surface area (Å²) in [5, 5.41) is 6.89. The predicted octanol–water partition coefficient (Wildman–Crippen LogP) is 5.82. The Labute approximate surface area is 173 Å². The quantitative estimate of drug-likeness (QED) is 0.405. The van der Waals surface area contributed by atoms with Crippen LogP contribution in [0.2, 0.25) is 0 Å². The fourth-order valence-electron chi connectivity index (χ4n) is 2.84. The van der Waals surface area contributed by atoms with Gasteiger partial charge in [-0.15, -0.1) is 0 Å². The third kappa shape index (κ3) is 7.07. The van der Waals surface area contributed by atoms with Crippen LogP contribution >= 0.6 is 0 Å². The van der Waals surface area contributed by atoms with Gasteiger partial charge in [0, 0.05) is 24.8 Å². The first-order valence-corrected chi connectivity index (χ1v) is 10.2. The third-order valence-electron chi connectivity index (χ3n) is 4.31. The first-order valence-electron chi connectivity index (χ1n) is 10.2. The van der Waals surface area contributed by atoms with Crippen molar-refractivity contribution in [2.24, 2.45) is 5.92 Å².